The van der Waals surface area contributed by atoms with E-state index >= 15 is 0 Å². The number of amides is 1. The minimum atomic E-state index is -1.79. The van der Waals surface area contributed by atoms with Gasteiger partial charge < -0.3 is 65.1 Å². The summed E-state index contributed by atoms with van der Waals surface area (Å²) in [5.74, 6) is -0.218. The molecule has 2 rings (SSSR count). The lowest BCUT2D eigenvalue weighted by molar-refractivity contribution is -0.359. The first-order valence-corrected chi connectivity index (χ1v) is 39.1. The molecule has 2 saturated heterocycles. The van der Waals surface area contributed by atoms with E-state index in [0.29, 0.717) is 12.8 Å². The van der Waals surface area contributed by atoms with Gasteiger partial charge in [0.15, 0.2) is 12.6 Å². The molecule has 0 saturated carbocycles. The zero-order valence-electron chi connectivity index (χ0n) is 60.6. The molecule has 0 radical (unpaired) electrons. The van der Waals surface area contributed by atoms with Gasteiger partial charge in [-0.25, -0.2) is 0 Å². The van der Waals surface area contributed by atoms with Crippen LogP contribution in [0.15, 0.2) is 109 Å². The maximum Gasteiger partial charge on any atom is 0.220 e. The number of aliphatic hydroxyl groups is 8. The van der Waals surface area contributed by atoms with E-state index in [2.05, 4.69) is 129 Å². The molecule has 9 N–H and O–H groups in total. The Kier molecular flexibility index (Phi) is 60.1. The van der Waals surface area contributed by atoms with Gasteiger partial charge in [0, 0.05) is 6.42 Å². The number of hydrogen-bond acceptors (Lipinski definition) is 13. The van der Waals surface area contributed by atoms with Crippen molar-refractivity contribution in [2.75, 3.05) is 19.8 Å². The Balaban J connectivity index is 1.65. The van der Waals surface area contributed by atoms with Crippen molar-refractivity contribution in [3.05, 3.63) is 109 Å². The van der Waals surface area contributed by atoms with Crippen LogP contribution < -0.4 is 5.32 Å². The van der Waals surface area contributed by atoms with E-state index in [1.54, 1.807) is 0 Å². The van der Waals surface area contributed by atoms with Crippen LogP contribution in [0.3, 0.4) is 0 Å². The molecule has 0 aromatic carbocycles. The molecule has 12 atom stereocenters. The zero-order chi connectivity index (χ0) is 69.4. The van der Waals surface area contributed by atoms with Crippen LogP contribution in [-0.2, 0) is 23.7 Å². The van der Waals surface area contributed by atoms with Gasteiger partial charge in [0.25, 0.3) is 0 Å². The molecule has 0 aliphatic carbocycles. The van der Waals surface area contributed by atoms with Crippen LogP contribution in [-0.4, -0.2) is 140 Å². The molecule has 554 valence electrons. The summed E-state index contributed by atoms with van der Waals surface area (Å²) in [4.78, 5) is 13.4. The largest absolute Gasteiger partial charge is 0.394 e. The van der Waals surface area contributed by atoms with Crippen LogP contribution in [0.25, 0.3) is 0 Å². The molecule has 0 bridgehead atoms. The molecule has 96 heavy (non-hydrogen) atoms. The summed E-state index contributed by atoms with van der Waals surface area (Å²) >= 11 is 0. The summed E-state index contributed by atoms with van der Waals surface area (Å²) in [5, 5.41) is 87.8. The molecular formula is C82H143NO13. The first kappa shape index (κ1) is 88.7. The van der Waals surface area contributed by atoms with E-state index in [1.165, 1.54) is 154 Å². The number of hydrogen-bond donors (Lipinski definition) is 9. The van der Waals surface area contributed by atoms with Gasteiger partial charge >= 0.3 is 0 Å². The topological polar surface area (TPSA) is 228 Å². The molecule has 12 unspecified atom stereocenters. The predicted molar refractivity (Wildman–Crippen MR) is 396 cm³/mol. The SMILES string of the molecule is CC/C=C\C/C=C\C/C=C\C/C=C\C/C=C\C/C=C\C/C=C\C/C=C\C/C=C\CCCCCCCCCC(=O)NC(COC1OC(CO)C(OC2OC(CO)C(O)C(O)C2O)C(O)C1O)C(O)CCCCCCCCCCCCCCCCCCCCCCCCCCCCC. The molecule has 14 heteroatoms. The lowest BCUT2D eigenvalue weighted by atomic mass is 9.97. The van der Waals surface area contributed by atoms with Gasteiger partial charge in [0.05, 0.1) is 32.0 Å². The zero-order valence-corrected chi connectivity index (χ0v) is 60.6. The number of allylic oxidation sites excluding steroid dienone is 18. The van der Waals surface area contributed by atoms with Crippen molar-refractivity contribution in [3.63, 3.8) is 0 Å². The van der Waals surface area contributed by atoms with Crippen molar-refractivity contribution >= 4 is 5.91 Å². The van der Waals surface area contributed by atoms with E-state index < -0.39 is 86.8 Å². The Morgan fingerprint density at radius 2 is 0.719 bits per heavy atom. The molecule has 0 spiro atoms. The molecule has 1 amide bonds. The smallest absolute Gasteiger partial charge is 0.220 e. The van der Waals surface area contributed by atoms with Crippen molar-refractivity contribution in [3.8, 4) is 0 Å². The van der Waals surface area contributed by atoms with Gasteiger partial charge in [-0.05, 0) is 83.5 Å². The van der Waals surface area contributed by atoms with Gasteiger partial charge in [-0.3, -0.25) is 4.79 Å². The van der Waals surface area contributed by atoms with E-state index in [4.69, 9.17) is 18.9 Å². The van der Waals surface area contributed by atoms with Crippen LogP contribution in [0, 0.1) is 0 Å². The standard InChI is InChI=1S/C82H143NO13/c1-3-5-7-9-11-13-15-17-19-21-23-25-27-29-31-32-33-34-35-36-37-38-40-42-44-46-48-50-52-54-56-58-60-62-64-66-74(87)83-70(69-93-81-79(92)77(90)80(73(68-85)95-81)96-82-78(91)76(89)75(88)72(67-84)94-82)71(86)65-63-61-59-57-55-53-51-49-47-45-43-41-39-30-28-26-24-22-20-18-16-14-12-10-8-6-4-2/h5,7,11,13,17,19,23,25,29,31,33-34,36-37,40,42,46,48,70-73,75-82,84-86,88-92H,3-4,6,8-10,12,14-16,18,20-22,24,26-28,30,32,35,38-39,41,43-45,47,49-69H2,1-2H3,(H,83,87)/b7-5-,13-11-,19-17-,25-23-,31-29-,34-33-,37-36-,42-40-,48-46-. The van der Waals surface area contributed by atoms with E-state index in [0.717, 1.165) is 122 Å². The lowest BCUT2D eigenvalue weighted by Gasteiger charge is -2.46. The first-order chi connectivity index (χ1) is 47.1. The molecule has 2 aliphatic heterocycles. The summed E-state index contributed by atoms with van der Waals surface area (Å²) in [6.45, 7) is 2.77. The highest BCUT2D eigenvalue weighted by molar-refractivity contribution is 5.76. The van der Waals surface area contributed by atoms with Crippen LogP contribution in [0.5, 0.6) is 0 Å². The van der Waals surface area contributed by atoms with Crippen LogP contribution in [0.1, 0.15) is 309 Å². The highest BCUT2D eigenvalue weighted by Crippen LogP contribution is 2.30. The quantitative estimate of drug-likeness (QED) is 0.0204. The number of rotatable bonds is 64. The molecule has 14 nitrogen and oxygen atoms in total. The first-order valence-electron chi connectivity index (χ1n) is 39.1. The van der Waals surface area contributed by atoms with Crippen molar-refractivity contribution in [1.29, 1.82) is 0 Å². The molecule has 0 aromatic heterocycles. The number of carbonyl (C=O) groups excluding carboxylic acids is 1. The molecular weight excluding hydrogens is 1210 g/mol. The minimum Gasteiger partial charge on any atom is -0.394 e. The van der Waals surface area contributed by atoms with Gasteiger partial charge in [-0.2, -0.15) is 0 Å². The van der Waals surface area contributed by atoms with E-state index in [9.17, 15) is 45.6 Å². The number of carbonyl (C=O) groups is 1. The third-order valence-electron chi connectivity index (χ3n) is 18.5. The highest BCUT2D eigenvalue weighted by atomic mass is 16.7. The van der Waals surface area contributed by atoms with Gasteiger partial charge in [-0.1, -0.05) is 329 Å². The maximum absolute atomic E-state index is 13.4. The molecule has 2 heterocycles. The predicted octanol–water partition coefficient (Wildman–Crippen LogP) is 17.5. The van der Waals surface area contributed by atoms with Crippen LogP contribution in [0.4, 0.5) is 0 Å². The summed E-state index contributed by atoms with van der Waals surface area (Å²) in [7, 11) is 0. The third kappa shape index (κ3) is 47.7. The normalized spacial score (nSPS) is 22.9. The summed E-state index contributed by atoms with van der Waals surface area (Å²) in [5.41, 5.74) is 0. The Hall–Kier alpha value is -3.35. The second-order valence-electron chi connectivity index (χ2n) is 27.1. The number of aliphatic hydroxyl groups excluding tert-OH is 8. The number of unbranched alkanes of at least 4 members (excludes halogenated alkanes) is 33. The minimum absolute atomic E-state index is 0.218. The summed E-state index contributed by atoms with van der Waals surface area (Å²) in [6, 6.07) is -0.845. The summed E-state index contributed by atoms with van der Waals surface area (Å²) in [6.07, 6.45) is 76.8. The van der Waals surface area contributed by atoms with Crippen molar-refractivity contribution in [1.82, 2.24) is 5.32 Å². The fraction of sp³-hybridized carbons (Fsp3) is 0.768. The molecule has 0 aromatic rings. The third-order valence-corrected chi connectivity index (χ3v) is 18.5. The number of ether oxygens (including phenoxy) is 4. The Labute approximate surface area is 585 Å². The second-order valence-corrected chi connectivity index (χ2v) is 27.1. The average Bonchev–Trinajstić information content (AvgIpc) is 0.797. The second kappa shape index (κ2) is 65.0. The monoisotopic (exact) mass is 1350 g/mol. The lowest BCUT2D eigenvalue weighted by Crippen LogP contribution is -2.65. The maximum atomic E-state index is 13.4. The fourth-order valence-electron chi connectivity index (χ4n) is 12.4. The van der Waals surface area contributed by atoms with Crippen LogP contribution >= 0.6 is 0 Å². The fourth-order valence-corrected chi connectivity index (χ4v) is 12.4. The number of nitrogens with one attached hydrogen (secondary N) is 1. The Morgan fingerprint density at radius 3 is 1.10 bits per heavy atom. The van der Waals surface area contributed by atoms with Crippen LogP contribution in [0.2, 0.25) is 0 Å². The van der Waals surface area contributed by atoms with Crippen molar-refractivity contribution in [2.24, 2.45) is 0 Å². The summed E-state index contributed by atoms with van der Waals surface area (Å²) < 4.78 is 23.0. The Morgan fingerprint density at radius 1 is 0.385 bits per heavy atom. The van der Waals surface area contributed by atoms with Crippen molar-refractivity contribution in [2.45, 2.75) is 383 Å². The van der Waals surface area contributed by atoms with E-state index in [-0.39, 0.29) is 18.9 Å². The molecule has 2 fully saturated rings. The average molecular weight is 1350 g/mol. The molecule has 2 aliphatic rings. The Bertz CT molecular complexity index is 2030. The van der Waals surface area contributed by atoms with Gasteiger partial charge in [0.2, 0.25) is 5.91 Å². The highest BCUT2D eigenvalue weighted by Gasteiger charge is 2.51. The van der Waals surface area contributed by atoms with E-state index in [1.807, 2.05) is 0 Å². The van der Waals surface area contributed by atoms with Gasteiger partial charge in [-0.15, -0.1) is 0 Å². The van der Waals surface area contributed by atoms with Crippen molar-refractivity contribution < 1.29 is 64.6 Å². The van der Waals surface area contributed by atoms with Gasteiger partial charge in [0.1, 0.15) is 48.8 Å².